The van der Waals surface area contributed by atoms with Crippen LogP contribution in [0.25, 0.3) is 56.1 Å². The summed E-state index contributed by atoms with van der Waals surface area (Å²) in [5, 5.41) is 2.32. The quantitative estimate of drug-likeness (QED) is 0.199. The van der Waals surface area contributed by atoms with E-state index in [-0.39, 0.29) is 0 Å². The van der Waals surface area contributed by atoms with Crippen molar-refractivity contribution in [2.45, 2.75) is 5.41 Å². The van der Waals surface area contributed by atoms with Gasteiger partial charge in [0.15, 0.2) is 17.5 Å². The van der Waals surface area contributed by atoms with Crippen LogP contribution in [0.4, 0.5) is 0 Å². The van der Waals surface area contributed by atoms with Crippen LogP contribution in [0.15, 0.2) is 164 Å². The molecule has 0 unspecified atom stereocenters. The summed E-state index contributed by atoms with van der Waals surface area (Å²) < 4.78 is 6.66. The average Bonchev–Trinajstić information content (AvgIpc) is 3.45. The standard InChI is InChI=1S/C44H27N3O/c1-2-13-29(14-3-1)41-45-42(31-23-22-28-12-4-5-15-30(28)26-31)47-43(46-41)32-24-25-40-38(27-32)44(37-20-10-11-21-39(37)48-40)35-18-8-6-16-33(35)34-17-7-9-19-36(34)44/h1-27H. The monoisotopic (exact) mass is 613 g/mol. The van der Waals surface area contributed by atoms with Crippen LogP contribution in [0, 0.1) is 0 Å². The molecule has 0 saturated heterocycles. The van der Waals surface area contributed by atoms with Gasteiger partial charge in [0.25, 0.3) is 0 Å². The van der Waals surface area contributed by atoms with Crippen LogP contribution < -0.4 is 4.74 Å². The molecule has 0 radical (unpaired) electrons. The highest BCUT2D eigenvalue weighted by atomic mass is 16.5. The number of ether oxygens (including phenoxy) is 1. The molecule has 224 valence electrons. The maximum absolute atomic E-state index is 6.66. The van der Waals surface area contributed by atoms with Crippen molar-refractivity contribution in [3.05, 3.63) is 186 Å². The number of hydrogen-bond acceptors (Lipinski definition) is 4. The largest absolute Gasteiger partial charge is 0.457 e. The molecule has 48 heavy (non-hydrogen) atoms. The fraction of sp³-hybridized carbons (Fsp3) is 0.0227. The van der Waals surface area contributed by atoms with E-state index in [1.165, 1.54) is 27.6 Å². The first-order chi connectivity index (χ1) is 23.8. The second kappa shape index (κ2) is 10.3. The first kappa shape index (κ1) is 26.8. The Labute approximate surface area is 278 Å². The topological polar surface area (TPSA) is 47.9 Å². The van der Waals surface area contributed by atoms with Gasteiger partial charge < -0.3 is 4.74 Å². The Bertz CT molecular complexity index is 2510. The summed E-state index contributed by atoms with van der Waals surface area (Å²) in [6.45, 7) is 0. The van der Waals surface area contributed by atoms with Gasteiger partial charge in [0, 0.05) is 27.8 Å². The summed E-state index contributed by atoms with van der Waals surface area (Å²) in [7, 11) is 0. The summed E-state index contributed by atoms with van der Waals surface area (Å²) in [4.78, 5) is 15.2. The number of benzene rings is 7. The molecule has 4 nitrogen and oxygen atoms in total. The molecule has 0 amide bonds. The Kier molecular flexibility index (Phi) is 5.75. The van der Waals surface area contributed by atoms with Gasteiger partial charge in [-0.3, -0.25) is 0 Å². The number of hydrogen-bond donors (Lipinski definition) is 0. The minimum atomic E-state index is -0.566. The predicted octanol–water partition coefficient (Wildman–Crippen LogP) is 10.5. The Morgan fingerprint density at radius 2 is 0.875 bits per heavy atom. The predicted molar refractivity (Wildman–Crippen MR) is 191 cm³/mol. The molecule has 0 fully saturated rings. The van der Waals surface area contributed by atoms with Crippen LogP contribution in [0.3, 0.4) is 0 Å². The number of aromatic nitrogens is 3. The zero-order valence-corrected chi connectivity index (χ0v) is 25.8. The van der Waals surface area contributed by atoms with E-state index in [1.807, 2.05) is 36.4 Å². The van der Waals surface area contributed by atoms with Gasteiger partial charge in [-0.25, -0.2) is 15.0 Å². The van der Waals surface area contributed by atoms with Crippen molar-refractivity contribution in [2.75, 3.05) is 0 Å². The molecule has 1 aliphatic carbocycles. The van der Waals surface area contributed by atoms with E-state index in [2.05, 4.69) is 127 Å². The minimum Gasteiger partial charge on any atom is -0.457 e. The third-order valence-electron chi connectivity index (χ3n) is 9.78. The van der Waals surface area contributed by atoms with Gasteiger partial charge in [-0.15, -0.1) is 0 Å². The molecule has 1 aliphatic heterocycles. The summed E-state index contributed by atoms with van der Waals surface area (Å²) in [6, 6.07) is 57.2. The highest BCUT2D eigenvalue weighted by Gasteiger charge is 2.51. The normalized spacial score (nSPS) is 13.3. The Morgan fingerprint density at radius 3 is 1.60 bits per heavy atom. The van der Waals surface area contributed by atoms with Gasteiger partial charge >= 0.3 is 0 Å². The van der Waals surface area contributed by atoms with Crippen molar-refractivity contribution >= 4 is 10.8 Å². The van der Waals surface area contributed by atoms with Gasteiger partial charge in [-0.2, -0.15) is 0 Å². The molecule has 1 spiro atoms. The van der Waals surface area contributed by atoms with Gasteiger partial charge in [0.1, 0.15) is 11.5 Å². The minimum absolute atomic E-state index is 0.566. The lowest BCUT2D eigenvalue weighted by Gasteiger charge is -2.39. The van der Waals surface area contributed by atoms with Crippen molar-refractivity contribution < 1.29 is 4.74 Å². The number of para-hydroxylation sites is 1. The number of fused-ring (bicyclic) bond motifs is 10. The average molecular weight is 614 g/mol. The van der Waals surface area contributed by atoms with Gasteiger partial charge in [-0.1, -0.05) is 133 Å². The van der Waals surface area contributed by atoms with E-state index in [4.69, 9.17) is 19.7 Å². The van der Waals surface area contributed by atoms with Gasteiger partial charge in [0.05, 0.1) is 5.41 Å². The summed E-state index contributed by atoms with van der Waals surface area (Å²) in [5.41, 5.74) is 9.40. The fourth-order valence-corrected chi connectivity index (χ4v) is 7.67. The molecule has 4 heteroatoms. The Hall–Kier alpha value is -6.39. The zero-order chi connectivity index (χ0) is 31.7. The summed E-state index contributed by atoms with van der Waals surface area (Å²) >= 11 is 0. The highest BCUT2D eigenvalue weighted by Crippen LogP contribution is 2.62. The lowest BCUT2D eigenvalue weighted by molar-refractivity contribution is 0.436. The maximum atomic E-state index is 6.66. The lowest BCUT2D eigenvalue weighted by atomic mass is 9.66. The van der Waals surface area contributed by atoms with E-state index >= 15 is 0 Å². The van der Waals surface area contributed by atoms with Gasteiger partial charge in [-0.05, 0) is 63.4 Å². The van der Waals surface area contributed by atoms with Crippen LogP contribution >= 0.6 is 0 Å². The van der Waals surface area contributed by atoms with Gasteiger partial charge in [0.2, 0.25) is 0 Å². The third-order valence-corrected chi connectivity index (χ3v) is 9.78. The molecule has 7 aromatic carbocycles. The maximum Gasteiger partial charge on any atom is 0.164 e. The second-order valence-electron chi connectivity index (χ2n) is 12.4. The van der Waals surface area contributed by atoms with Crippen molar-refractivity contribution in [2.24, 2.45) is 0 Å². The molecule has 0 bridgehead atoms. The molecule has 0 atom stereocenters. The van der Waals surface area contributed by atoms with Crippen molar-refractivity contribution in [3.8, 4) is 56.8 Å². The molecule has 0 saturated carbocycles. The highest BCUT2D eigenvalue weighted by molar-refractivity contribution is 5.89. The molecular weight excluding hydrogens is 587 g/mol. The fourth-order valence-electron chi connectivity index (χ4n) is 7.67. The molecule has 1 aromatic heterocycles. The van der Waals surface area contributed by atoms with Crippen LogP contribution in [0.5, 0.6) is 11.5 Å². The van der Waals surface area contributed by atoms with Crippen LogP contribution in [-0.4, -0.2) is 15.0 Å². The SMILES string of the molecule is c1ccc(-c2nc(-c3ccc4c(c3)C3(c5ccccc5O4)c4ccccc4-c4ccccc43)nc(-c3ccc4ccccc4c3)n2)cc1. The van der Waals surface area contributed by atoms with Crippen molar-refractivity contribution in [1.82, 2.24) is 15.0 Å². The first-order valence-corrected chi connectivity index (χ1v) is 16.2. The van der Waals surface area contributed by atoms with E-state index in [0.717, 1.165) is 44.7 Å². The lowest BCUT2D eigenvalue weighted by Crippen LogP contribution is -2.32. The zero-order valence-electron chi connectivity index (χ0n) is 25.8. The number of rotatable bonds is 3. The summed E-state index contributed by atoms with van der Waals surface area (Å²) in [6.07, 6.45) is 0. The van der Waals surface area contributed by atoms with Crippen LogP contribution in [0.1, 0.15) is 22.3 Å². The third kappa shape index (κ3) is 3.86. The smallest absolute Gasteiger partial charge is 0.164 e. The molecule has 2 heterocycles. The molecular formula is C44H27N3O. The van der Waals surface area contributed by atoms with Crippen molar-refractivity contribution in [1.29, 1.82) is 0 Å². The van der Waals surface area contributed by atoms with Crippen molar-refractivity contribution in [3.63, 3.8) is 0 Å². The number of nitrogens with zero attached hydrogens (tertiary/aromatic N) is 3. The second-order valence-corrected chi connectivity index (χ2v) is 12.4. The van der Waals surface area contributed by atoms with E-state index in [9.17, 15) is 0 Å². The molecule has 10 rings (SSSR count). The Balaban J connectivity index is 1.23. The Morgan fingerprint density at radius 1 is 0.354 bits per heavy atom. The van der Waals surface area contributed by atoms with Crippen LogP contribution in [0.2, 0.25) is 0 Å². The van der Waals surface area contributed by atoms with E-state index in [1.54, 1.807) is 0 Å². The first-order valence-electron chi connectivity index (χ1n) is 16.2. The van der Waals surface area contributed by atoms with E-state index in [0.29, 0.717) is 17.5 Å². The van der Waals surface area contributed by atoms with Crippen LogP contribution in [-0.2, 0) is 5.41 Å². The summed E-state index contributed by atoms with van der Waals surface area (Å²) in [5.74, 6) is 3.58. The molecule has 2 aliphatic rings. The molecule has 8 aromatic rings. The molecule has 0 N–H and O–H groups in total. The van der Waals surface area contributed by atoms with E-state index < -0.39 is 5.41 Å².